The molecule has 65 heavy (non-hydrogen) atoms. The highest BCUT2D eigenvalue weighted by Gasteiger charge is 2.51. The molecule has 14 heteroatoms. The highest BCUT2D eigenvalue weighted by atomic mass is 31.2. The van der Waals surface area contributed by atoms with E-state index in [1.807, 2.05) is 0 Å². The first kappa shape index (κ1) is 61.3. The number of aliphatic hydroxyl groups excluding tert-OH is 5. The Morgan fingerprint density at radius 1 is 0.462 bits per heavy atom. The number of phosphoric acid groups is 1. The first-order valence-electron chi connectivity index (χ1n) is 26.1. The van der Waals surface area contributed by atoms with Gasteiger partial charge in [0.1, 0.15) is 43.2 Å². The maximum atomic E-state index is 12.8. The third-order valence-corrected chi connectivity index (χ3v) is 13.3. The fourth-order valence-corrected chi connectivity index (χ4v) is 9.02. The molecule has 1 rings (SSSR count). The Bertz CT molecular complexity index is 1230. The van der Waals surface area contributed by atoms with E-state index in [9.17, 15) is 44.6 Å². The van der Waals surface area contributed by atoms with Crippen molar-refractivity contribution in [3.05, 3.63) is 24.3 Å². The number of carbonyl (C=O) groups is 2. The Kier molecular flexibility index (Phi) is 39.0. The number of ether oxygens (including phenoxy) is 2. The number of hydrogen-bond donors (Lipinski definition) is 6. The van der Waals surface area contributed by atoms with Crippen molar-refractivity contribution >= 4 is 19.8 Å². The second-order valence-corrected chi connectivity index (χ2v) is 19.8. The molecule has 0 amide bonds. The van der Waals surface area contributed by atoms with Crippen LogP contribution in [0.15, 0.2) is 24.3 Å². The molecule has 1 saturated carbocycles. The van der Waals surface area contributed by atoms with E-state index >= 15 is 0 Å². The van der Waals surface area contributed by atoms with E-state index in [4.69, 9.17) is 18.5 Å². The number of unbranched alkanes of at least 4 members (excludes halogenated alkanes) is 28. The van der Waals surface area contributed by atoms with Crippen molar-refractivity contribution in [2.45, 2.75) is 275 Å². The number of carbonyl (C=O) groups excluding carboxylic acids is 2. The number of esters is 2. The van der Waals surface area contributed by atoms with Crippen molar-refractivity contribution < 1.29 is 63.1 Å². The van der Waals surface area contributed by atoms with Crippen LogP contribution in [-0.2, 0) is 32.7 Å². The molecular weight excluding hydrogens is 852 g/mol. The number of hydrogen-bond acceptors (Lipinski definition) is 12. The van der Waals surface area contributed by atoms with Gasteiger partial charge in [-0.05, 0) is 64.2 Å². The Morgan fingerprint density at radius 3 is 1.17 bits per heavy atom. The lowest BCUT2D eigenvalue weighted by Gasteiger charge is -2.41. The van der Waals surface area contributed by atoms with E-state index in [1.54, 1.807) is 0 Å². The summed E-state index contributed by atoms with van der Waals surface area (Å²) in [5.41, 5.74) is 0. The first-order chi connectivity index (χ1) is 31.4. The van der Waals surface area contributed by atoms with Crippen LogP contribution in [-0.4, -0.2) is 98.3 Å². The zero-order valence-electron chi connectivity index (χ0n) is 40.8. The molecule has 0 aromatic rings. The molecule has 0 radical (unpaired) electrons. The summed E-state index contributed by atoms with van der Waals surface area (Å²) in [6, 6.07) is 0. The van der Waals surface area contributed by atoms with Gasteiger partial charge in [0.25, 0.3) is 0 Å². The number of allylic oxidation sites excluding steroid dienone is 4. The van der Waals surface area contributed by atoms with Gasteiger partial charge in [0, 0.05) is 12.8 Å². The van der Waals surface area contributed by atoms with Crippen LogP contribution in [0.25, 0.3) is 0 Å². The van der Waals surface area contributed by atoms with Gasteiger partial charge in [0.15, 0.2) is 6.10 Å². The van der Waals surface area contributed by atoms with Gasteiger partial charge >= 0.3 is 19.8 Å². The second kappa shape index (κ2) is 41.3. The summed E-state index contributed by atoms with van der Waals surface area (Å²) >= 11 is 0. The number of rotatable bonds is 44. The Labute approximate surface area is 394 Å². The van der Waals surface area contributed by atoms with Crippen LogP contribution >= 0.6 is 7.82 Å². The third kappa shape index (κ3) is 33.5. The molecule has 0 bridgehead atoms. The summed E-state index contributed by atoms with van der Waals surface area (Å²) in [6.45, 7) is 3.32. The van der Waals surface area contributed by atoms with Crippen LogP contribution in [0.1, 0.15) is 232 Å². The van der Waals surface area contributed by atoms with Crippen LogP contribution in [0.4, 0.5) is 0 Å². The minimum atomic E-state index is -5.12. The predicted molar refractivity (Wildman–Crippen MR) is 258 cm³/mol. The van der Waals surface area contributed by atoms with E-state index in [0.717, 1.165) is 64.2 Å². The van der Waals surface area contributed by atoms with Crippen molar-refractivity contribution in [2.24, 2.45) is 0 Å². The molecule has 6 unspecified atom stereocenters. The smallest absolute Gasteiger partial charge is 0.462 e. The first-order valence-corrected chi connectivity index (χ1v) is 27.6. The van der Waals surface area contributed by atoms with Gasteiger partial charge in [-0.2, -0.15) is 0 Å². The predicted octanol–water partition coefficient (Wildman–Crippen LogP) is 11.2. The van der Waals surface area contributed by atoms with Gasteiger partial charge in [-0.25, -0.2) is 4.57 Å². The fourth-order valence-electron chi connectivity index (χ4n) is 8.04. The lowest BCUT2D eigenvalue weighted by atomic mass is 9.85. The van der Waals surface area contributed by atoms with Gasteiger partial charge in [-0.3, -0.25) is 18.6 Å². The van der Waals surface area contributed by atoms with Gasteiger partial charge in [0.2, 0.25) is 0 Å². The molecule has 1 aliphatic rings. The quantitative estimate of drug-likeness (QED) is 0.0146. The average Bonchev–Trinajstić information content (AvgIpc) is 3.29. The summed E-state index contributed by atoms with van der Waals surface area (Å²) in [5.74, 6) is -1.10. The molecule has 0 aromatic heterocycles. The van der Waals surface area contributed by atoms with E-state index < -0.39 is 75.7 Å². The number of aliphatic hydroxyl groups is 5. The normalized spacial score (nSPS) is 21.5. The minimum absolute atomic E-state index is 0.0932. The van der Waals surface area contributed by atoms with Gasteiger partial charge in [-0.1, -0.05) is 179 Å². The monoisotopic (exact) mass is 947 g/mol. The summed E-state index contributed by atoms with van der Waals surface area (Å²) < 4.78 is 33.6. The highest BCUT2D eigenvalue weighted by molar-refractivity contribution is 7.47. The largest absolute Gasteiger partial charge is 0.472 e. The van der Waals surface area contributed by atoms with E-state index in [2.05, 4.69) is 38.2 Å². The van der Waals surface area contributed by atoms with Gasteiger partial charge < -0.3 is 39.9 Å². The zero-order valence-corrected chi connectivity index (χ0v) is 41.7. The van der Waals surface area contributed by atoms with E-state index in [0.29, 0.717) is 12.8 Å². The summed E-state index contributed by atoms with van der Waals surface area (Å²) in [6.07, 6.45) is 33.6. The standard InChI is InChI=1S/C51H95O13P/c1-3-5-7-9-11-13-15-17-19-21-22-24-26-28-30-32-34-36-38-40-45(53)63-43(42-62-65(59,60)64-51-49(57)47(55)46(54)48(56)50(51)58)41-61-44(52)39-37-35-33-31-29-27-25-23-20-18-16-14-12-10-8-6-4-2/h18,20-22,43,46-51,54-58H,3-17,19,23-42H2,1-2H3,(H,59,60)/b20-18-,22-21-/t43-,46?,47-,48?,49?,50?,51?/m1/s1. The average molecular weight is 947 g/mol. The molecule has 1 fully saturated rings. The minimum Gasteiger partial charge on any atom is -0.462 e. The molecule has 0 aromatic carbocycles. The fraction of sp³-hybridized carbons (Fsp3) is 0.882. The molecule has 0 spiro atoms. The van der Waals surface area contributed by atoms with Crippen molar-refractivity contribution in [2.75, 3.05) is 13.2 Å². The second-order valence-electron chi connectivity index (χ2n) is 18.4. The van der Waals surface area contributed by atoms with Crippen LogP contribution < -0.4 is 0 Å². The Morgan fingerprint density at radius 2 is 0.785 bits per heavy atom. The summed E-state index contributed by atoms with van der Waals surface area (Å²) in [4.78, 5) is 35.8. The SMILES string of the molecule is CCCCCCCC/C=C\CCCCCCCCCC(=O)OC[C@H](COP(=O)(O)OC1C(O)C(O)C(O)[C@@H](O)C1O)OC(=O)CCCCCCCCC/C=C\CCCCCCCCCC. The summed E-state index contributed by atoms with van der Waals surface area (Å²) in [7, 11) is -5.12. The molecule has 0 aliphatic heterocycles. The molecule has 8 atom stereocenters. The van der Waals surface area contributed by atoms with Crippen molar-refractivity contribution in [3.8, 4) is 0 Å². The highest BCUT2D eigenvalue weighted by Crippen LogP contribution is 2.47. The molecular formula is C51H95O13P. The molecule has 0 heterocycles. The molecule has 6 N–H and O–H groups in total. The molecule has 1 aliphatic carbocycles. The van der Waals surface area contributed by atoms with Crippen molar-refractivity contribution in [1.82, 2.24) is 0 Å². The number of phosphoric ester groups is 1. The van der Waals surface area contributed by atoms with Crippen LogP contribution in [0.3, 0.4) is 0 Å². The van der Waals surface area contributed by atoms with Gasteiger partial charge in [-0.15, -0.1) is 0 Å². The molecule has 382 valence electrons. The van der Waals surface area contributed by atoms with Crippen LogP contribution in [0.5, 0.6) is 0 Å². The topological polar surface area (TPSA) is 210 Å². The Balaban J connectivity index is 2.40. The molecule has 13 nitrogen and oxygen atoms in total. The summed E-state index contributed by atoms with van der Waals surface area (Å²) in [5, 5.41) is 50.3. The Hall–Kier alpha value is -1.67. The van der Waals surface area contributed by atoms with Crippen molar-refractivity contribution in [3.63, 3.8) is 0 Å². The lowest BCUT2D eigenvalue weighted by Crippen LogP contribution is -2.64. The van der Waals surface area contributed by atoms with E-state index in [1.165, 1.54) is 128 Å². The molecule has 0 saturated heterocycles. The van der Waals surface area contributed by atoms with Crippen LogP contribution in [0.2, 0.25) is 0 Å². The lowest BCUT2D eigenvalue weighted by molar-refractivity contribution is -0.220. The zero-order chi connectivity index (χ0) is 47.8. The van der Waals surface area contributed by atoms with Crippen molar-refractivity contribution in [1.29, 1.82) is 0 Å². The third-order valence-electron chi connectivity index (χ3n) is 12.3. The maximum absolute atomic E-state index is 12.8. The van der Waals surface area contributed by atoms with Gasteiger partial charge in [0.05, 0.1) is 6.61 Å². The maximum Gasteiger partial charge on any atom is 0.472 e. The van der Waals surface area contributed by atoms with Crippen LogP contribution in [0, 0.1) is 0 Å². The van der Waals surface area contributed by atoms with E-state index in [-0.39, 0.29) is 12.8 Å².